The number of carbonyl (C=O) groups is 1. The van der Waals surface area contributed by atoms with E-state index in [1.807, 2.05) is 0 Å². The molecule has 0 spiro atoms. The first kappa shape index (κ1) is 13.6. The molecule has 3 atom stereocenters. The van der Waals surface area contributed by atoms with Crippen LogP contribution in [0.25, 0.3) is 0 Å². The molecule has 3 N–H and O–H groups in total. The van der Waals surface area contributed by atoms with Crippen molar-refractivity contribution < 1.29 is 14.6 Å². The topological polar surface area (TPSA) is 70.6 Å². The molecular formula is C13H24N2O3. The Hall–Kier alpha value is -0.810. The maximum absolute atomic E-state index is 11.5. The molecule has 0 radical (unpaired) electrons. The number of hydrogen-bond donors (Lipinski definition) is 3. The van der Waals surface area contributed by atoms with Gasteiger partial charge in [-0.2, -0.15) is 0 Å². The van der Waals surface area contributed by atoms with Gasteiger partial charge in [-0.15, -0.1) is 0 Å². The van der Waals surface area contributed by atoms with Gasteiger partial charge >= 0.3 is 6.03 Å². The van der Waals surface area contributed by atoms with Crippen LogP contribution in [0.1, 0.15) is 38.5 Å². The van der Waals surface area contributed by atoms with Gasteiger partial charge in [0.05, 0.1) is 12.2 Å². The van der Waals surface area contributed by atoms with Crippen molar-refractivity contribution >= 4 is 6.03 Å². The molecule has 1 saturated heterocycles. The van der Waals surface area contributed by atoms with Crippen LogP contribution in [0.2, 0.25) is 0 Å². The lowest BCUT2D eigenvalue weighted by Crippen LogP contribution is -2.39. The molecule has 2 fully saturated rings. The van der Waals surface area contributed by atoms with Crippen LogP contribution in [-0.4, -0.2) is 43.0 Å². The second-order valence-corrected chi connectivity index (χ2v) is 5.39. The van der Waals surface area contributed by atoms with Gasteiger partial charge in [0.2, 0.25) is 0 Å². The van der Waals surface area contributed by atoms with Crippen LogP contribution >= 0.6 is 0 Å². The standard InChI is InChI=1S/C13H24N2O3/c16-11-4-3-10(8-11)9-15-13(17)14-6-5-12-2-1-7-18-12/h10-12,16H,1-9H2,(H2,14,15,17)/t10-,11-,12+/m1/s1. The van der Waals surface area contributed by atoms with Crippen molar-refractivity contribution in [1.29, 1.82) is 0 Å². The molecule has 1 aliphatic heterocycles. The summed E-state index contributed by atoms with van der Waals surface area (Å²) in [5, 5.41) is 15.1. The van der Waals surface area contributed by atoms with Gasteiger partial charge in [0.25, 0.3) is 0 Å². The zero-order valence-electron chi connectivity index (χ0n) is 10.9. The van der Waals surface area contributed by atoms with Gasteiger partial charge in [-0.25, -0.2) is 4.79 Å². The monoisotopic (exact) mass is 256 g/mol. The van der Waals surface area contributed by atoms with E-state index < -0.39 is 0 Å². The molecule has 0 bridgehead atoms. The Kier molecular flexibility index (Phi) is 5.26. The third kappa shape index (κ3) is 4.46. The van der Waals surface area contributed by atoms with E-state index in [4.69, 9.17) is 4.74 Å². The van der Waals surface area contributed by atoms with Crippen molar-refractivity contribution in [2.45, 2.75) is 50.7 Å². The number of carbonyl (C=O) groups excluding carboxylic acids is 1. The number of aliphatic hydroxyl groups excluding tert-OH is 1. The third-order valence-corrected chi connectivity index (χ3v) is 3.84. The first-order chi connectivity index (χ1) is 8.74. The molecule has 18 heavy (non-hydrogen) atoms. The van der Waals surface area contributed by atoms with Crippen LogP contribution in [0.15, 0.2) is 0 Å². The normalized spacial score (nSPS) is 31.5. The lowest BCUT2D eigenvalue weighted by Gasteiger charge is -2.13. The average Bonchev–Trinajstić information content (AvgIpc) is 2.98. The van der Waals surface area contributed by atoms with Crippen molar-refractivity contribution in [2.24, 2.45) is 5.92 Å². The molecule has 0 aromatic heterocycles. The second kappa shape index (κ2) is 6.95. The molecule has 2 amide bonds. The maximum Gasteiger partial charge on any atom is 0.314 e. The SMILES string of the molecule is O=C(NCC[C@@H]1CCCO1)NC[C@@H]1CC[C@@H](O)C1. The summed E-state index contributed by atoms with van der Waals surface area (Å²) in [6.07, 6.45) is 6.01. The minimum Gasteiger partial charge on any atom is -0.393 e. The zero-order chi connectivity index (χ0) is 12.8. The molecule has 2 rings (SSSR count). The maximum atomic E-state index is 11.5. The van der Waals surface area contributed by atoms with Crippen LogP contribution in [-0.2, 0) is 4.74 Å². The fraction of sp³-hybridized carbons (Fsp3) is 0.923. The summed E-state index contributed by atoms with van der Waals surface area (Å²) < 4.78 is 5.49. The Morgan fingerprint density at radius 3 is 2.83 bits per heavy atom. The zero-order valence-corrected chi connectivity index (χ0v) is 10.9. The number of aliphatic hydroxyl groups is 1. The number of amides is 2. The van der Waals surface area contributed by atoms with Crippen LogP contribution in [0, 0.1) is 5.92 Å². The van der Waals surface area contributed by atoms with Crippen molar-refractivity contribution in [2.75, 3.05) is 19.7 Å². The Labute approximate surface area is 108 Å². The molecule has 5 heteroatoms. The third-order valence-electron chi connectivity index (χ3n) is 3.84. The molecule has 0 unspecified atom stereocenters. The van der Waals surface area contributed by atoms with E-state index in [0.717, 1.165) is 45.1 Å². The Morgan fingerprint density at radius 1 is 1.28 bits per heavy atom. The molecule has 1 aliphatic carbocycles. The first-order valence-corrected chi connectivity index (χ1v) is 7.05. The Bertz CT molecular complexity index is 267. The molecule has 104 valence electrons. The van der Waals surface area contributed by atoms with E-state index in [0.29, 0.717) is 25.1 Å². The van der Waals surface area contributed by atoms with Gasteiger partial charge in [0, 0.05) is 19.7 Å². The molecular weight excluding hydrogens is 232 g/mol. The summed E-state index contributed by atoms with van der Waals surface area (Å²) in [4.78, 5) is 11.5. The highest BCUT2D eigenvalue weighted by molar-refractivity contribution is 5.73. The summed E-state index contributed by atoms with van der Waals surface area (Å²) in [6.45, 7) is 2.20. The number of ether oxygens (including phenoxy) is 1. The van der Waals surface area contributed by atoms with E-state index in [1.165, 1.54) is 0 Å². The van der Waals surface area contributed by atoms with Crippen molar-refractivity contribution in [3.63, 3.8) is 0 Å². The smallest absolute Gasteiger partial charge is 0.314 e. The molecule has 0 aromatic rings. The lowest BCUT2D eigenvalue weighted by molar-refractivity contribution is 0.104. The highest BCUT2D eigenvalue weighted by atomic mass is 16.5. The number of hydrogen-bond acceptors (Lipinski definition) is 3. The predicted molar refractivity (Wildman–Crippen MR) is 68.3 cm³/mol. The van der Waals surface area contributed by atoms with E-state index in [-0.39, 0.29) is 12.1 Å². The van der Waals surface area contributed by atoms with E-state index in [2.05, 4.69) is 10.6 Å². The van der Waals surface area contributed by atoms with E-state index in [9.17, 15) is 9.90 Å². The second-order valence-electron chi connectivity index (χ2n) is 5.39. The van der Waals surface area contributed by atoms with Crippen molar-refractivity contribution in [3.8, 4) is 0 Å². The van der Waals surface area contributed by atoms with Crippen molar-refractivity contribution in [1.82, 2.24) is 10.6 Å². The first-order valence-electron chi connectivity index (χ1n) is 7.05. The van der Waals surface area contributed by atoms with Crippen molar-refractivity contribution in [3.05, 3.63) is 0 Å². The molecule has 5 nitrogen and oxygen atoms in total. The van der Waals surface area contributed by atoms with Gasteiger partial charge in [-0.3, -0.25) is 0 Å². The van der Waals surface area contributed by atoms with Gasteiger partial charge in [0.15, 0.2) is 0 Å². The minimum atomic E-state index is -0.167. The fourth-order valence-corrected chi connectivity index (χ4v) is 2.75. The highest BCUT2D eigenvalue weighted by Crippen LogP contribution is 2.24. The van der Waals surface area contributed by atoms with Gasteiger partial charge < -0.3 is 20.5 Å². The lowest BCUT2D eigenvalue weighted by atomic mass is 10.1. The van der Waals surface area contributed by atoms with Crippen LogP contribution < -0.4 is 10.6 Å². The minimum absolute atomic E-state index is 0.102. The number of nitrogens with one attached hydrogen (secondary N) is 2. The number of urea groups is 1. The summed E-state index contributed by atoms with van der Waals surface area (Å²) in [5.41, 5.74) is 0. The van der Waals surface area contributed by atoms with Crippen LogP contribution in [0.5, 0.6) is 0 Å². The summed E-state index contributed by atoms with van der Waals surface area (Å²) in [5.74, 6) is 0.434. The predicted octanol–water partition coefficient (Wildman–Crippen LogP) is 1.02. The quantitative estimate of drug-likeness (QED) is 0.687. The molecule has 1 saturated carbocycles. The largest absolute Gasteiger partial charge is 0.393 e. The van der Waals surface area contributed by atoms with Gasteiger partial charge in [-0.05, 0) is 44.4 Å². The van der Waals surface area contributed by atoms with Crippen LogP contribution in [0.4, 0.5) is 4.79 Å². The van der Waals surface area contributed by atoms with Gasteiger partial charge in [0.1, 0.15) is 0 Å². The summed E-state index contributed by atoms with van der Waals surface area (Å²) >= 11 is 0. The summed E-state index contributed by atoms with van der Waals surface area (Å²) in [6, 6.07) is -0.102. The van der Waals surface area contributed by atoms with Crippen LogP contribution in [0.3, 0.4) is 0 Å². The average molecular weight is 256 g/mol. The van der Waals surface area contributed by atoms with E-state index >= 15 is 0 Å². The number of rotatable bonds is 5. The summed E-state index contributed by atoms with van der Waals surface area (Å²) in [7, 11) is 0. The Morgan fingerprint density at radius 2 is 2.17 bits per heavy atom. The molecule has 2 aliphatic rings. The highest BCUT2D eigenvalue weighted by Gasteiger charge is 2.22. The molecule has 0 aromatic carbocycles. The molecule has 1 heterocycles. The fourth-order valence-electron chi connectivity index (χ4n) is 2.75. The van der Waals surface area contributed by atoms with Gasteiger partial charge in [-0.1, -0.05) is 0 Å². The Balaban J connectivity index is 1.49. The van der Waals surface area contributed by atoms with E-state index in [1.54, 1.807) is 0 Å².